The van der Waals surface area contributed by atoms with Crippen LogP contribution in [0.25, 0.3) is 11.3 Å². The maximum absolute atomic E-state index is 13.1. The van der Waals surface area contributed by atoms with Gasteiger partial charge in [-0.25, -0.2) is 4.79 Å². The Morgan fingerprint density at radius 1 is 1.10 bits per heavy atom. The fraction of sp³-hybridized carbons (Fsp3) is 0.387. The SMILES string of the molecule is CC(C)(Oc1ccc2c(c1)CCn1c-2cc(OC(C2=CC=CCC2)C2=COC=CO2)nc1=O)C(=O)N1CCOCC1. The summed E-state index contributed by atoms with van der Waals surface area (Å²) in [6.07, 6.45) is 12.1. The molecule has 0 N–H and O–H groups in total. The largest absolute Gasteiger partial charge is 0.478 e. The minimum Gasteiger partial charge on any atom is -0.478 e. The molecule has 6 rings (SSSR count). The number of aromatic nitrogens is 2. The maximum atomic E-state index is 13.1. The molecule has 41 heavy (non-hydrogen) atoms. The fourth-order valence-corrected chi connectivity index (χ4v) is 5.47. The van der Waals surface area contributed by atoms with Crippen molar-refractivity contribution in [3.8, 4) is 22.9 Å². The van der Waals surface area contributed by atoms with Crippen LogP contribution in [0.4, 0.5) is 0 Å². The summed E-state index contributed by atoms with van der Waals surface area (Å²) in [4.78, 5) is 32.2. The summed E-state index contributed by atoms with van der Waals surface area (Å²) in [6, 6.07) is 7.50. The molecule has 1 fully saturated rings. The van der Waals surface area contributed by atoms with Crippen molar-refractivity contribution in [2.24, 2.45) is 0 Å². The van der Waals surface area contributed by atoms with E-state index in [2.05, 4.69) is 11.1 Å². The first-order valence-corrected chi connectivity index (χ1v) is 13.9. The molecule has 0 bridgehead atoms. The number of morpholine rings is 1. The Hall–Kier alpha value is -4.31. The standard InChI is InChI=1S/C31H33N3O7/c1-31(2,29(35)33-12-14-37-15-13-33)41-23-8-9-24-22(18-23)10-11-34-25(24)19-27(32-30(34)36)40-28(21-6-4-3-5-7-21)26-20-38-16-17-39-26/h3-4,6,8-9,16-20,28H,5,7,10-15H2,1-2H3. The van der Waals surface area contributed by atoms with E-state index in [9.17, 15) is 9.59 Å². The van der Waals surface area contributed by atoms with E-state index in [1.54, 1.807) is 29.4 Å². The van der Waals surface area contributed by atoms with E-state index in [-0.39, 0.29) is 17.5 Å². The zero-order chi connectivity index (χ0) is 28.4. The highest BCUT2D eigenvalue weighted by Gasteiger charge is 2.35. The Bertz CT molecular complexity index is 1510. The predicted molar refractivity (Wildman–Crippen MR) is 150 cm³/mol. The van der Waals surface area contributed by atoms with E-state index in [1.807, 2.05) is 30.4 Å². The summed E-state index contributed by atoms with van der Waals surface area (Å²) in [5.74, 6) is 1.21. The maximum Gasteiger partial charge on any atom is 0.351 e. The molecule has 0 radical (unpaired) electrons. The molecule has 10 heteroatoms. The molecule has 1 aromatic heterocycles. The number of nitrogens with zero attached hydrogens (tertiary/aromatic N) is 3. The molecule has 1 atom stereocenters. The molecule has 0 saturated carbocycles. The van der Waals surface area contributed by atoms with Gasteiger partial charge >= 0.3 is 5.69 Å². The first kappa shape index (κ1) is 26.9. The molecule has 3 aliphatic heterocycles. The lowest BCUT2D eigenvalue weighted by Crippen LogP contribution is -2.52. The number of carbonyl (C=O) groups is 1. The third-order valence-electron chi connectivity index (χ3n) is 7.53. The van der Waals surface area contributed by atoms with Gasteiger partial charge in [0.1, 0.15) is 24.5 Å². The zero-order valence-corrected chi connectivity index (χ0v) is 23.2. The lowest BCUT2D eigenvalue weighted by Gasteiger charge is -2.34. The van der Waals surface area contributed by atoms with Crippen molar-refractivity contribution in [2.75, 3.05) is 26.3 Å². The highest BCUT2D eigenvalue weighted by molar-refractivity contribution is 5.85. The summed E-state index contributed by atoms with van der Waals surface area (Å²) in [6.45, 7) is 6.23. The number of hydrogen-bond acceptors (Lipinski definition) is 8. The number of amides is 1. The van der Waals surface area contributed by atoms with Gasteiger partial charge < -0.3 is 28.6 Å². The number of aryl methyl sites for hydroxylation is 1. The molecule has 10 nitrogen and oxygen atoms in total. The molecule has 1 unspecified atom stereocenters. The van der Waals surface area contributed by atoms with Gasteiger partial charge in [0.05, 0.1) is 18.9 Å². The van der Waals surface area contributed by atoms with Gasteiger partial charge in [-0.05, 0) is 62.4 Å². The van der Waals surface area contributed by atoms with Gasteiger partial charge in [-0.1, -0.05) is 18.2 Å². The van der Waals surface area contributed by atoms with Crippen LogP contribution in [0.3, 0.4) is 0 Å². The van der Waals surface area contributed by atoms with Gasteiger partial charge in [0.2, 0.25) is 5.88 Å². The lowest BCUT2D eigenvalue weighted by molar-refractivity contribution is -0.149. The Morgan fingerprint density at radius 3 is 2.71 bits per heavy atom. The van der Waals surface area contributed by atoms with Crippen molar-refractivity contribution in [3.05, 3.63) is 88.7 Å². The lowest BCUT2D eigenvalue weighted by atomic mass is 9.97. The molecule has 2 aromatic rings. The Kier molecular flexibility index (Phi) is 7.40. The molecule has 214 valence electrons. The van der Waals surface area contributed by atoms with Crippen LogP contribution in [-0.4, -0.2) is 58.4 Å². The molecule has 1 amide bonds. The zero-order valence-electron chi connectivity index (χ0n) is 23.2. The van der Waals surface area contributed by atoms with Crippen LogP contribution < -0.4 is 15.2 Å². The highest BCUT2D eigenvalue weighted by Crippen LogP contribution is 2.35. The van der Waals surface area contributed by atoms with Crippen LogP contribution in [0.15, 0.2) is 77.4 Å². The second-order valence-electron chi connectivity index (χ2n) is 10.8. The molecule has 1 aliphatic carbocycles. The van der Waals surface area contributed by atoms with E-state index < -0.39 is 11.7 Å². The summed E-state index contributed by atoms with van der Waals surface area (Å²) in [7, 11) is 0. The molecule has 0 spiro atoms. The second kappa shape index (κ2) is 11.3. The highest BCUT2D eigenvalue weighted by atomic mass is 16.6. The van der Waals surface area contributed by atoms with Crippen LogP contribution >= 0.6 is 0 Å². The van der Waals surface area contributed by atoms with Gasteiger partial charge in [0.15, 0.2) is 17.5 Å². The van der Waals surface area contributed by atoms with Crippen LogP contribution in [0, 0.1) is 0 Å². The summed E-state index contributed by atoms with van der Waals surface area (Å²) >= 11 is 0. The summed E-state index contributed by atoms with van der Waals surface area (Å²) in [5.41, 5.74) is 2.19. The van der Waals surface area contributed by atoms with Crippen molar-refractivity contribution >= 4 is 5.91 Å². The van der Waals surface area contributed by atoms with Crippen molar-refractivity contribution < 1.29 is 28.5 Å². The van der Waals surface area contributed by atoms with Crippen molar-refractivity contribution in [2.45, 2.75) is 51.4 Å². The molecular formula is C31H33N3O7. The topological polar surface area (TPSA) is 101 Å². The average Bonchev–Trinajstić information content (AvgIpc) is 3.00. The molecule has 4 aliphatic rings. The second-order valence-corrected chi connectivity index (χ2v) is 10.8. The van der Waals surface area contributed by atoms with Crippen LogP contribution in [0.5, 0.6) is 11.6 Å². The Labute approximate surface area is 238 Å². The Morgan fingerprint density at radius 2 is 1.95 bits per heavy atom. The quantitative estimate of drug-likeness (QED) is 0.504. The van der Waals surface area contributed by atoms with Crippen molar-refractivity contribution in [3.63, 3.8) is 0 Å². The van der Waals surface area contributed by atoms with E-state index in [0.717, 1.165) is 29.5 Å². The monoisotopic (exact) mass is 559 g/mol. The first-order chi connectivity index (χ1) is 19.9. The minimum atomic E-state index is -1.03. The number of benzene rings is 1. The van der Waals surface area contributed by atoms with Crippen molar-refractivity contribution in [1.82, 2.24) is 14.5 Å². The van der Waals surface area contributed by atoms with Gasteiger partial charge in [-0.2, -0.15) is 4.98 Å². The van der Waals surface area contributed by atoms with Gasteiger partial charge in [0, 0.05) is 31.3 Å². The molecule has 1 aromatic carbocycles. The normalized spacial score (nSPS) is 18.6. The van der Waals surface area contributed by atoms with Gasteiger partial charge in [-0.3, -0.25) is 9.36 Å². The van der Waals surface area contributed by atoms with E-state index in [0.29, 0.717) is 56.5 Å². The first-order valence-electron chi connectivity index (χ1n) is 13.9. The number of carbonyl (C=O) groups excluding carboxylic acids is 1. The number of rotatable bonds is 7. The molecule has 1 saturated heterocycles. The summed E-state index contributed by atoms with van der Waals surface area (Å²) in [5, 5.41) is 0. The predicted octanol–water partition coefficient (Wildman–Crippen LogP) is 3.87. The number of fused-ring (bicyclic) bond motifs is 3. The third-order valence-corrected chi connectivity index (χ3v) is 7.53. The van der Waals surface area contributed by atoms with Crippen LogP contribution in [-0.2, 0) is 32.0 Å². The Balaban J connectivity index is 1.27. The van der Waals surface area contributed by atoms with E-state index in [4.69, 9.17) is 23.7 Å². The summed E-state index contributed by atoms with van der Waals surface area (Å²) < 4.78 is 30.6. The molecular weight excluding hydrogens is 526 g/mol. The van der Waals surface area contributed by atoms with E-state index in [1.165, 1.54) is 18.8 Å². The average molecular weight is 560 g/mol. The van der Waals surface area contributed by atoms with Crippen LogP contribution in [0.1, 0.15) is 32.3 Å². The van der Waals surface area contributed by atoms with Crippen LogP contribution in [0.2, 0.25) is 0 Å². The number of ether oxygens (including phenoxy) is 5. The van der Waals surface area contributed by atoms with Crippen molar-refractivity contribution in [1.29, 1.82) is 0 Å². The van der Waals surface area contributed by atoms with Gasteiger partial charge in [-0.15, -0.1) is 0 Å². The van der Waals surface area contributed by atoms with Gasteiger partial charge in [0.25, 0.3) is 5.91 Å². The fourth-order valence-electron chi connectivity index (χ4n) is 5.47. The number of hydrogen-bond donors (Lipinski definition) is 0. The number of allylic oxidation sites excluding steroid dienone is 3. The third kappa shape index (κ3) is 5.65. The smallest absolute Gasteiger partial charge is 0.351 e. The van der Waals surface area contributed by atoms with E-state index >= 15 is 0 Å². The minimum absolute atomic E-state index is 0.0700. The molecule has 4 heterocycles.